The van der Waals surface area contributed by atoms with Crippen molar-refractivity contribution in [2.24, 2.45) is 0 Å². The number of hydrogen-bond donors (Lipinski definition) is 0. The largest absolute Gasteiger partial charge is 0.338 e. The van der Waals surface area contributed by atoms with Crippen LogP contribution in [0.5, 0.6) is 0 Å². The van der Waals surface area contributed by atoms with E-state index in [0.29, 0.717) is 18.1 Å². The third-order valence-corrected chi connectivity index (χ3v) is 2.54. The smallest absolute Gasteiger partial charge is 0.222 e. The third kappa shape index (κ3) is 2.04. The van der Waals surface area contributed by atoms with E-state index in [-0.39, 0.29) is 5.91 Å². The van der Waals surface area contributed by atoms with E-state index in [1.807, 2.05) is 11.0 Å². The van der Waals surface area contributed by atoms with Crippen LogP contribution in [0.3, 0.4) is 0 Å². The fourth-order valence-corrected chi connectivity index (χ4v) is 1.83. The molecule has 0 aromatic carbocycles. The monoisotopic (exact) mass is 210 g/mol. The molecule has 0 aliphatic carbocycles. The number of carbonyl (C=O) groups is 1. The molecule has 0 N–H and O–H groups in total. The molecule has 1 saturated heterocycles. The van der Waals surface area contributed by atoms with Crippen LogP contribution in [0.25, 0.3) is 0 Å². The second-order valence-corrected chi connectivity index (χ2v) is 3.79. The SMILES string of the molecule is O=C1CCCN1Cc1ccnc(Cl)c1. The van der Waals surface area contributed by atoms with Gasteiger partial charge in [0.05, 0.1) is 0 Å². The Morgan fingerprint density at radius 3 is 3.07 bits per heavy atom. The molecule has 0 radical (unpaired) electrons. The highest BCUT2D eigenvalue weighted by molar-refractivity contribution is 6.29. The van der Waals surface area contributed by atoms with Gasteiger partial charge in [0.25, 0.3) is 0 Å². The predicted molar refractivity (Wildman–Crippen MR) is 53.9 cm³/mol. The normalized spacial score (nSPS) is 16.4. The average Bonchev–Trinajstić information content (AvgIpc) is 2.52. The lowest BCUT2D eigenvalue weighted by molar-refractivity contribution is -0.128. The van der Waals surface area contributed by atoms with Crippen molar-refractivity contribution in [1.82, 2.24) is 9.88 Å². The topological polar surface area (TPSA) is 33.2 Å². The second kappa shape index (κ2) is 3.96. The number of nitrogens with zero attached hydrogens (tertiary/aromatic N) is 2. The summed E-state index contributed by atoms with van der Waals surface area (Å²) in [7, 11) is 0. The fraction of sp³-hybridized carbons (Fsp3) is 0.400. The van der Waals surface area contributed by atoms with E-state index in [4.69, 9.17) is 11.6 Å². The summed E-state index contributed by atoms with van der Waals surface area (Å²) < 4.78 is 0. The Labute approximate surface area is 87.7 Å². The van der Waals surface area contributed by atoms with Gasteiger partial charge in [0.15, 0.2) is 0 Å². The highest BCUT2D eigenvalue weighted by Crippen LogP contribution is 2.15. The van der Waals surface area contributed by atoms with Gasteiger partial charge in [-0.2, -0.15) is 0 Å². The molecule has 0 saturated carbocycles. The van der Waals surface area contributed by atoms with Crippen LogP contribution in [0, 0.1) is 0 Å². The van der Waals surface area contributed by atoms with Crippen molar-refractivity contribution >= 4 is 17.5 Å². The predicted octanol–water partition coefficient (Wildman–Crippen LogP) is 1.86. The molecule has 0 spiro atoms. The molecule has 14 heavy (non-hydrogen) atoms. The first-order valence-corrected chi connectivity index (χ1v) is 5.02. The Morgan fingerprint density at radius 1 is 1.57 bits per heavy atom. The molecule has 2 heterocycles. The van der Waals surface area contributed by atoms with Gasteiger partial charge in [-0.25, -0.2) is 4.98 Å². The molecular formula is C10H11ClN2O. The number of rotatable bonds is 2. The highest BCUT2D eigenvalue weighted by Gasteiger charge is 2.19. The van der Waals surface area contributed by atoms with Crippen molar-refractivity contribution in [3.8, 4) is 0 Å². The Balaban J connectivity index is 2.07. The van der Waals surface area contributed by atoms with E-state index in [1.165, 1.54) is 0 Å². The van der Waals surface area contributed by atoms with Crippen molar-refractivity contribution in [1.29, 1.82) is 0 Å². The maximum Gasteiger partial charge on any atom is 0.222 e. The zero-order valence-corrected chi connectivity index (χ0v) is 8.50. The molecule has 1 aliphatic rings. The molecule has 1 amide bonds. The first-order chi connectivity index (χ1) is 6.75. The minimum Gasteiger partial charge on any atom is -0.338 e. The number of halogens is 1. The summed E-state index contributed by atoms with van der Waals surface area (Å²) in [5.74, 6) is 0.234. The molecule has 4 heteroatoms. The first kappa shape index (κ1) is 9.46. The molecule has 0 unspecified atom stereocenters. The summed E-state index contributed by atoms with van der Waals surface area (Å²) in [6.07, 6.45) is 3.31. The molecule has 1 fully saturated rings. The molecule has 2 rings (SSSR count). The van der Waals surface area contributed by atoms with Crippen LogP contribution < -0.4 is 0 Å². The number of carbonyl (C=O) groups excluding carboxylic acids is 1. The summed E-state index contributed by atoms with van der Waals surface area (Å²) in [5.41, 5.74) is 1.04. The van der Waals surface area contributed by atoms with Gasteiger partial charge in [0.1, 0.15) is 5.15 Å². The van der Waals surface area contributed by atoms with E-state index in [9.17, 15) is 4.79 Å². The Hall–Kier alpha value is -1.09. The molecule has 0 bridgehead atoms. The number of aromatic nitrogens is 1. The van der Waals surface area contributed by atoms with Crippen molar-refractivity contribution < 1.29 is 4.79 Å². The molecule has 0 atom stereocenters. The Morgan fingerprint density at radius 2 is 2.43 bits per heavy atom. The molecule has 3 nitrogen and oxygen atoms in total. The van der Waals surface area contributed by atoms with Crippen LogP contribution in [0.1, 0.15) is 18.4 Å². The van der Waals surface area contributed by atoms with Crippen molar-refractivity contribution in [3.05, 3.63) is 29.0 Å². The van der Waals surface area contributed by atoms with Gasteiger partial charge < -0.3 is 4.90 Å². The van der Waals surface area contributed by atoms with Crippen molar-refractivity contribution in [2.75, 3.05) is 6.54 Å². The van der Waals surface area contributed by atoms with E-state index in [0.717, 1.165) is 18.5 Å². The molecule has 74 valence electrons. The summed E-state index contributed by atoms with van der Waals surface area (Å²) >= 11 is 5.75. The Kier molecular flexibility index (Phi) is 2.68. The molecule has 1 aliphatic heterocycles. The number of likely N-dealkylation sites (tertiary alicyclic amines) is 1. The lowest BCUT2D eigenvalue weighted by Gasteiger charge is -2.15. The van der Waals surface area contributed by atoms with Crippen LogP contribution in [-0.2, 0) is 11.3 Å². The number of pyridine rings is 1. The number of hydrogen-bond acceptors (Lipinski definition) is 2. The lowest BCUT2D eigenvalue weighted by Crippen LogP contribution is -2.23. The zero-order chi connectivity index (χ0) is 9.97. The van der Waals surface area contributed by atoms with Crippen LogP contribution in [0.2, 0.25) is 5.15 Å². The van der Waals surface area contributed by atoms with Crippen LogP contribution in [0.15, 0.2) is 18.3 Å². The van der Waals surface area contributed by atoms with E-state index in [2.05, 4.69) is 4.98 Å². The number of amides is 1. The lowest BCUT2D eigenvalue weighted by atomic mass is 10.2. The quantitative estimate of drug-likeness (QED) is 0.699. The third-order valence-electron chi connectivity index (χ3n) is 2.34. The molecular weight excluding hydrogens is 200 g/mol. The van der Waals surface area contributed by atoms with Crippen molar-refractivity contribution in [2.45, 2.75) is 19.4 Å². The molecule has 1 aromatic rings. The van der Waals surface area contributed by atoms with Gasteiger partial charge in [-0.1, -0.05) is 11.6 Å². The van der Waals surface area contributed by atoms with E-state index < -0.39 is 0 Å². The summed E-state index contributed by atoms with van der Waals surface area (Å²) in [6, 6.07) is 3.69. The minimum atomic E-state index is 0.234. The Bertz CT molecular complexity index is 354. The standard InChI is InChI=1S/C10H11ClN2O/c11-9-6-8(3-4-12-9)7-13-5-1-2-10(13)14/h3-4,6H,1-2,5,7H2. The summed E-state index contributed by atoms with van der Waals surface area (Å²) in [5, 5.41) is 0.481. The van der Waals surface area contributed by atoms with Gasteiger partial charge in [-0.15, -0.1) is 0 Å². The van der Waals surface area contributed by atoms with Gasteiger partial charge in [-0.05, 0) is 24.1 Å². The van der Waals surface area contributed by atoms with Gasteiger partial charge in [-0.3, -0.25) is 4.79 Å². The second-order valence-electron chi connectivity index (χ2n) is 3.41. The van der Waals surface area contributed by atoms with E-state index >= 15 is 0 Å². The first-order valence-electron chi connectivity index (χ1n) is 4.64. The van der Waals surface area contributed by atoms with Crippen molar-refractivity contribution in [3.63, 3.8) is 0 Å². The summed E-state index contributed by atoms with van der Waals surface area (Å²) in [6.45, 7) is 1.51. The maximum atomic E-state index is 11.3. The average molecular weight is 211 g/mol. The van der Waals surface area contributed by atoms with Gasteiger partial charge in [0.2, 0.25) is 5.91 Å². The minimum absolute atomic E-state index is 0.234. The molecule has 1 aromatic heterocycles. The van der Waals surface area contributed by atoms with Gasteiger partial charge in [0, 0.05) is 25.7 Å². The van der Waals surface area contributed by atoms with Crippen LogP contribution in [-0.4, -0.2) is 22.3 Å². The maximum absolute atomic E-state index is 11.3. The van der Waals surface area contributed by atoms with Crippen LogP contribution >= 0.6 is 11.6 Å². The summed E-state index contributed by atoms with van der Waals surface area (Å²) in [4.78, 5) is 17.1. The van der Waals surface area contributed by atoms with Crippen LogP contribution in [0.4, 0.5) is 0 Å². The fourth-order valence-electron chi connectivity index (χ4n) is 1.63. The zero-order valence-electron chi connectivity index (χ0n) is 7.74. The van der Waals surface area contributed by atoms with E-state index in [1.54, 1.807) is 12.3 Å². The highest BCUT2D eigenvalue weighted by atomic mass is 35.5. The van der Waals surface area contributed by atoms with Gasteiger partial charge >= 0.3 is 0 Å².